The van der Waals surface area contributed by atoms with E-state index in [1.807, 2.05) is 31.2 Å². The molecule has 0 saturated heterocycles. The Balaban J connectivity index is 1.83. The fourth-order valence-corrected chi connectivity index (χ4v) is 3.34. The van der Waals surface area contributed by atoms with E-state index < -0.39 is 0 Å². The van der Waals surface area contributed by atoms with Gasteiger partial charge < -0.3 is 10.4 Å². The van der Waals surface area contributed by atoms with Crippen molar-refractivity contribution in [1.82, 2.24) is 10.3 Å². The van der Waals surface area contributed by atoms with Crippen LogP contribution in [0.2, 0.25) is 0 Å². The van der Waals surface area contributed by atoms with E-state index in [2.05, 4.69) is 10.3 Å². The molecule has 0 saturated carbocycles. The van der Waals surface area contributed by atoms with Gasteiger partial charge in [-0.25, -0.2) is 4.98 Å². The highest BCUT2D eigenvalue weighted by molar-refractivity contribution is 8.01. The number of rotatable bonds is 6. The molecule has 4 nitrogen and oxygen atoms in total. The predicted octanol–water partition coefficient (Wildman–Crippen LogP) is 2.13. The van der Waals surface area contributed by atoms with Crippen LogP contribution in [-0.2, 0) is 4.79 Å². The van der Waals surface area contributed by atoms with Gasteiger partial charge in [0.15, 0.2) is 4.34 Å². The second-order valence-corrected chi connectivity index (χ2v) is 6.58. The largest absolute Gasteiger partial charge is 0.396 e. The Morgan fingerprint density at radius 2 is 2.32 bits per heavy atom. The van der Waals surface area contributed by atoms with Crippen molar-refractivity contribution in [3.05, 3.63) is 24.3 Å². The van der Waals surface area contributed by atoms with Crippen molar-refractivity contribution in [1.29, 1.82) is 0 Å². The average molecular weight is 296 g/mol. The van der Waals surface area contributed by atoms with Gasteiger partial charge in [-0.05, 0) is 18.1 Å². The maximum atomic E-state index is 11.6. The summed E-state index contributed by atoms with van der Waals surface area (Å²) in [5.41, 5.74) is 0.976. The van der Waals surface area contributed by atoms with Gasteiger partial charge >= 0.3 is 0 Å². The molecule has 1 aromatic heterocycles. The molecular formula is C13H16N2O2S2. The van der Waals surface area contributed by atoms with Gasteiger partial charge in [0.2, 0.25) is 5.91 Å². The number of nitrogens with one attached hydrogen (secondary N) is 1. The van der Waals surface area contributed by atoms with Crippen molar-refractivity contribution in [2.24, 2.45) is 5.92 Å². The predicted molar refractivity (Wildman–Crippen MR) is 79.6 cm³/mol. The molecule has 1 unspecified atom stereocenters. The number of thioether (sulfide) groups is 1. The van der Waals surface area contributed by atoms with E-state index in [1.165, 1.54) is 11.8 Å². The lowest BCUT2D eigenvalue weighted by molar-refractivity contribution is -0.118. The number of carbonyl (C=O) groups is 1. The van der Waals surface area contributed by atoms with Crippen molar-refractivity contribution in [3.8, 4) is 0 Å². The highest BCUT2D eigenvalue weighted by Crippen LogP contribution is 2.28. The van der Waals surface area contributed by atoms with E-state index in [1.54, 1.807) is 11.3 Å². The lowest BCUT2D eigenvalue weighted by Crippen LogP contribution is -2.30. The van der Waals surface area contributed by atoms with E-state index in [4.69, 9.17) is 5.11 Å². The molecule has 0 radical (unpaired) electrons. The Morgan fingerprint density at radius 1 is 1.53 bits per heavy atom. The fourth-order valence-electron chi connectivity index (χ4n) is 1.44. The molecule has 0 fully saturated rings. The first kappa shape index (κ1) is 14.3. The van der Waals surface area contributed by atoms with Crippen LogP contribution in [0, 0.1) is 5.92 Å². The van der Waals surface area contributed by atoms with Gasteiger partial charge in [-0.1, -0.05) is 30.8 Å². The van der Waals surface area contributed by atoms with Gasteiger partial charge in [0.1, 0.15) is 0 Å². The van der Waals surface area contributed by atoms with Crippen LogP contribution in [0.15, 0.2) is 28.6 Å². The van der Waals surface area contributed by atoms with Crippen molar-refractivity contribution in [3.63, 3.8) is 0 Å². The quantitative estimate of drug-likeness (QED) is 0.802. The SMILES string of the molecule is CC(CO)CNC(=O)CSc1nc2ccccc2s1. The van der Waals surface area contributed by atoms with Crippen molar-refractivity contribution in [2.45, 2.75) is 11.3 Å². The lowest BCUT2D eigenvalue weighted by Gasteiger charge is -2.08. The number of hydrogen-bond acceptors (Lipinski definition) is 5. The highest BCUT2D eigenvalue weighted by Gasteiger charge is 2.08. The molecule has 1 atom stereocenters. The Hall–Kier alpha value is -1.11. The molecular weight excluding hydrogens is 280 g/mol. The third-order valence-corrected chi connectivity index (χ3v) is 4.74. The van der Waals surface area contributed by atoms with Crippen molar-refractivity contribution >= 4 is 39.2 Å². The summed E-state index contributed by atoms with van der Waals surface area (Å²) in [6.45, 7) is 2.49. The number of amides is 1. The number of benzene rings is 1. The van der Waals surface area contributed by atoms with E-state index in [0.717, 1.165) is 14.6 Å². The van der Waals surface area contributed by atoms with Crippen molar-refractivity contribution in [2.75, 3.05) is 18.9 Å². The number of aliphatic hydroxyl groups excluding tert-OH is 1. The van der Waals surface area contributed by atoms with Gasteiger partial charge in [0, 0.05) is 13.2 Å². The van der Waals surface area contributed by atoms with Crippen molar-refractivity contribution < 1.29 is 9.90 Å². The smallest absolute Gasteiger partial charge is 0.230 e. The monoisotopic (exact) mass is 296 g/mol. The maximum absolute atomic E-state index is 11.6. The van der Waals surface area contributed by atoms with Gasteiger partial charge in [-0.2, -0.15) is 0 Å². The molecule has 2 aromatic rings. The number of nitrogens with zero attached hydrogens (tertiary/aromatic N) is 1. The minimum Gasteiger partial charge on any atom is -0.396 e. The van der Waals surface area contributed by atoms with E-state index in [0.29, 0.717) is 12.3 Å². The summed E-state index contributed by atoms with van der Waals surface area (Å²) in [6.07, 6.45) is 0. The zero-order valence-electron chi connectivity index (χ0n) is 10.6. The number of thiazole rings is 1. The summed E-state index contributed by atoms with van der Waals surface area (Å²) >= 11 is 3.05. The van der Waals surface area contributed by atoms with Crippen LogP contribution in [0.4, 0.5) is 0 Å². The number of aromatic nitrogens is 1. The number of fused-ring (bicyclic) bond motifs is 1. The summed E-state index contributed by atoms with van der Waals surface area (Å²) < 4.78 is 2.05. The van der Waals surface area contributed by atoms with Gasteiger partial charge in [-0.15, -0.1) is 11.3 Å². The fraction of sp³-hybridized carbons (Fsp3) is 0.385. The molecule has 102 valence electrons. The normalized spacial score (nSPS) is 12.5. The first-order chi connectivity index (χ1) is 9.19. The summed E-state index contributed by atoms with van der Waals surface area (Å²) in [5.74, 6) is 0.429. The Morgan fingerprint density at radius 3 is 3.05 bits per heavy atom. The zero-order valence-corrected chi connectivity index (χ0v) is 12.3. The molecule has 0 aliphatic rings. The number of aliphatic hydroxyl groups is 1. The first-order valence-electron chi connectivity index (χ1n) is 6.05. The zero-order chi connectivity index (χ0) is 13.7. The molecule has 2 rings (SSSR count). The van der Waals surface area contributed by atoms with E-state index in [-0.39, 0.29) is 18.4 Å². The molecule has 0 spiro atoms. The van der Waals surface area contributed by atoms with Crippen LogP contribution < -0.4 is 5.32 Å². The Bertz CT molecular complexity index is 523. The van der Waals surface area contributed by atoms with Gasteiger partial charge in [0.25, 0.3) is 0 Å². The van der Waals surface area contributed by atoms with Crippen LogP contribution in [0.5, 0.6) is 0 Å². The van der Waals surface area contributed by atoms with Crippen LogP contribution >= 0.6 is 23.1 Å². The topological polar surface area (TPSA) is 62.2 Å². The first-order valence-corrected chi connectivity index (χ1v) is 7.85. The van der Waals surface area contributed by atoms with Crippen LogP contribution in [-0.4, -0.2) is 34.9 Å². The van der Waals surface area contributed by atoms with Gasteiger partial charge in [-0.3, -0.25) is 4.79 Å². The molecule has 19 heavy (non-hydrogen) atoms. The molecule has 1 amide bonds. The molecule has 6 heteroatoms. The average Bonchev–Trinajstić information content (AvgIpc) is 2.85. The summed E-state index contributed by atoms with van der Waals surface area (Å²) in [5, 5.41) is 11.7. The van der Waals surface area contributed by atoms with Crippen LogP contribution in [0.3, 0.4) is 0 Å². The van der Waals surface area contributed by atoms with Gasteiger partial charge in [0.05, 0.1) is 16.0 Å². The molecule has 2 N–H and O–H groups in total. The summed E-state index contributed by atoms with van der Waals surface area (Å²) in [7, 11) is 0. The number of para-hydroxylation sites is 1. The van der Waals surface area contributed by atoms with Crippen LogP contribution in [0.25, 0.3) is 10.2 Å². The molecule has 0 aliphatic carbocycles. The molecule has 1 heterocycles. The standard InChI is InChI=1S/C13H16N2O2S2/c1-9(7-16)6-14-12(17)8-18-13-15-10-4-2-3-5-11(10)19-13/h2-5,9,16H,6-8H2,1H3,(H,14,17). The summed E-state index contributed by atoms with van der Waals surface area (Å²) in [4.78, 5) is 16.1. The highest BCUT2D eigenvalue weighted by atomic mass is 32.2. The minimum atomic E-state index is -0.0236. The minimum absolute atomic E-state index is 0.0236. The number of carbonyl (C=O) groups excluding carboxylic acids is 1. The number of hydrogen-bond donors (Lipinski definition) is 2. The Kier molecular flexibility index (Phi) is 5.18. The Labute approximate surface area is 120 Å². The third-order valence-electron chi connectivity index (χ3n) is 2.56. The van der Waals surface area contributed by atoms with Crippen LogP contribution in [0.1, 0.15) is 6.92 Å². The molecule has 1 aromatic carbocycles. The third kappa shape index (κ3) is 4.19. The molecule has 0 aliphatic heterocycles. The lowest BCUT2D eigenvalue weighted by atomic mass is 10.2. The van der Waals surface area contributed by atoms with E-state index in [9.17, 15) is 4.79 Å². The second-order valence-electron chi connectivity index (χ2n) is 4.33. The second kappa shape index (κ2) is 6.88. The maximum Gasteiger partial charge on any atom is 0.230 e. The summed E-state index contributed by atoms with van der Waals surface area (Å²) in [6, 6.07) is 7.94. The molecule has 0 bridgehead atoms. The van der Waals surface area contributed by atoms with E-state index >= 15 is 0 Å².